The van der Waals surface area contributed by atoms with Crippen LogP contribution >= 0.6 is 0 Å². The zero-order chi connectivity index (χ0) is 14.4. The molecule has 1 atom stereocenters. The fourth-order valence-electron chi connectivity index (χ4n) is 2.94. The van der Waals surface area contributed by atoms with E-state index in [0.717, 1.165) is 19.3 Å². The van der Waals surface area contributed by atoms with Gasteiger partial charge in [0.1, 0.15) is 0 Å². The smallest absolute Gasteiger partial charge is 0.317 e. The molecule has 1 aliphatic rings. The monoisotopic (exact) mass is 276 g/mol. The lowest BCUT2D eigenvalue weighted by Gasteiger charge is -2.36. The minimum Gasteiger partial charge on any atom is -0.396 e. The van der Waals surface area contributed by atoms with E-state index in [1.807, 2.05) is 17.9 Å². The number of aliphatic hydroxyl groups is 1. The Morgan fingerprint density at radius 1 is 1.45 bits per heavy atom. The molecule has 1 aromatic carbocycles. The molecule has 0 radical (unpaired) electrons. The lowest BCUT2D eigenvalue weighted by molar-refractivity contribution is 0.158. The van der Waals surface area contributed by atoms with Gasteiger partial charge < -0.3 is 15.3 Å². The van der Waals surface area contributed by atoms with Crippen LogP contribution in [-0.2, 0) is 6.42 Å². The third-order valence-electron chi connectivity index (χ3n) is 3.86. The second-order valence-corrected chi connectivity index (χ2v) is 5.21. The predicted molar refractivity (Wildman–Crippen MR) is 79.6 cm³/mol. The van der Waals surface area contributed by atoms with E-state index in [1.165, 1.54) is 11.1 Å². The lowest BCUT2D eigenvalue weighted by atomic mass is 9.87. The molecule has 2 N–H and O–H groups in total. The van der Waals surface area contributed by atoms with Gasteiger partial charge in [-0.25, -0.2) is 4.79 Å². The topological polar surface area (TPSA) is 52.6 Å². The van der Waals surface area contributed by atoms with Gasteiger partial charge in [-0.2, -0.15) is 0 Å². The summed E-state index contributed by atoms with van der Waals surface area (Å²) in [7, 11) is 0. The van der Waals surface area contributed by atoms with Gasteiger partial charge in [0.25, 0.3) is 0 Å². The van der Waals surface area contributed by atoms with Crippen molar-refractivity contribution in [1.82, 2.24) is 10.2 Å². The molecule has 0 fully saturated rings. The quantitative estimate of drug-likeness (QED) is 0.868. The number of hydrogen-bond acceptors (Lipinski definition) is 2. The summed E-state index contributed by atoms with van der Waals surface area (Å²) in [5.41, 5.74) is 2.62. The molecular weight excluding hydrogens is 252 g/mol. The Labute approximate surface area is 120 Å². The molecule has 1 aromatic rings. The van der Waals surface area contributed by atoms with Crippen molar-refractivity contribution >= 4 is 6.03 Å². The normalized spacial score (nSPS) is 17.4. The Balaban J connectivity index is 2.22. The van der Waals surface area contributed by atoms with E-state index in [0.29, 0.717) is 19.5 Å². The number of urea groups is 1. The maximum atomic E-state index is 12.3. The van der Waals surface area contributed by atoms with Gasteiger partial charge in [0.15, 0.2) is 0 Å². The largest absolute Gasteiger partial charge is 0.396 e. The van der Waals surface area contributed by atoms with Crippen LogP contribution in [0.2, 0.25) is 0 Å². The summed E-state index contributed by atoms with van der Waals surface area (Å²) < 4.78 is 0. The zero-order valence-corrected chi connectivity index (χ0v) is 12.1. The number of aryl methyl sites for hydroxylation is 1. The van der Waals surface area contributed by atoms with E-state index in [2.05, 4.69) is 23.5 Å². The molecule has 0 bridgehead atoms. The summed E-state index contributed by atoms with van der Waals surface area (Å²) >= 11 is 0. The van der Waals surface area contributed by atoms with Gasteiger partial charge in [-0.15, -0.1) is 0 Å². The molecule has 110 valence electrons. The highest BCUT2D eigenvalue weighted by atomic mass is 16.3. The predicted octanol–water partition coefficient (Wildman–Crippen LogP) is 2.48. The van der Waals surface area contributed by atoms with Crippen molar-refractivity contribution < 1.29 is 9.90 Å². The summed E-state index contributed by atoms with van der Waals surface area (Å²) in [6, 6.07) is 8.50. The summed E-state index contributed by atoms with van der Waals surface area (Å²) in [5.74, 6) is 0. The Kier molecular flexibility index (Phi) is 5.41. The molecule has 0 aromatic heterocycles. The number of aliphatic hydroxyl groups excluding tert-OH is 1. The fraction of sp³-hybridized carbons (Fsp3) is 0.562. The Bertz CT molecular complexity index is 448. The molecule has 4 heteroatoms. The van der Waals surface area contributed by atoms with E-state index in [4.69, 9.17) is 5.11 Å². The minimum absolute atomic E-state index is 0.0253. The van der Waals surface area contributed by atoms with Crippen LogP contribution in [0.4, 0.5) is 4.79 Å². The molecule has 0 unspecified atom stereocenters. The number of carbonyl (C=O) groups excluding carboxylic acids is 1. The number of hydrogen-bond donors (Lipinski definition) is 2. The lowest BCUT2D eigenvalue weighted by Crippen LogP contribution is -2.43. The van der Waals surface area contributed by atoms with Crippen molar-refractivity contribution in [2.75, 3.05) is 19.7 Å². The van der Waals surface area contributed by atoms with Crippen LogP contribution in [0, 0.1) is 0 Å². The number of fused-ring (bicyclic) bond motifs is 1. The maximum Gasteiger partial charge on any atom is 0.317 e. The van der Waals surface area contributed by atoms with Crippen LogP contribution < -0.4 is 5.32 Å². The molecule has 0 saturated heterocycles. The maximum absolute atomic E-state index is 12.3. The molecule has 20 heavy (non-hydrogen) atoms. The van der Waals surface area contributed by atoms with E-state index in [1.54, 1.807) is 0 Å². The SMILES string of the molecule is CCNC(=O)N(CCCO)[C@@H]1CCCc2ccccc21. The van der Waals surface area contributed by atoms with Crippen LogP contribution in [0.15, 0.2) is 24.3 Å². The van der Waals surface area contributed by atoms with Crippen LogP contribution in [0.3, 0.4) is 0 Å². The number of rotatable bonds is 5. The van der Waals surface area contributed by atoms with Gasteiger partial charge in [0.05, 0.1) is 6.04 Å². The second kappa shape index (κ2) is 7.29. The molecule has 2 rings (SSSR count). The number of nitrogens with one attached hydrogen (secondary N) is 1. The van der Waals surface area contributed by atoms with Crippen molar-refractivity contribution in [3.8, 4) is 0 Å². The highest BCUT2D eigenvalue weighted by molar-refractivity contribution is 5.74. The molecule has 0 saturated carbocycles. The van der Waals surface area contributed by atoms with Gasteiger partial charge in [0, 0.05) is 19.7 Å². The molecule has 4 nitrogen and oxygen atoms in total. The number of carbonyl (C=O) groups is 1. The Morgan fingerprint density at radius 3 is 3.00 bits per heavy atom. The highest BCUT2D eigenvalue weighted by Gasteiger charge is 2.28. The molecule has 0 spiro atoms. The third kappa shape index (κ3) is 3.31. The van der Waals surface area contributed by atoms with Crippen LogP contribution in [0.5, 0.6) is 0 Å². The first-order valence-electron chi connectivity index (χ1n) is 7.51. The Hall–Kier alpha value is -1.55. The number of nitrogens with zero attached hydrogens (tertiary/aromatic N) is 1. The van der Waals surface area contributed by atoms with Crippen LogP contribution in [0.25, 0.3) is 0 Å². The average molecular weight is 276 g/mol. The van der Waals surface area contributed by atoms with Gasteiger partial charge >= 0.3 is 6.03 Å². The fourth-order valence-corrected chi connectivity index (χ4v) is 2.94. The zero-order valence-electron chi connectivity index (χ0n) is 12.1. The third-order valence-corrected chi connectivity index (χ3v) is 3.86. The average Bonchev–Trinajstić information content (AvgIpc) is 2.48. The summed E-state index contributed by atoms with van der Waals surface area (Å²) in [4.78, 5) is 14.2. The van der Waals surface area contributed by atoms with Gasteiger partial charge in [-0.1, -0.05) is 24.3 Å². The van der Waals surface area contributed by atoms with Crippen molar-refractivity contribution in [2.45, 2.75) is 38.6 Å². The van der Waals surface area contributed by atoms with Crippen molar-refractivity contribution in [3.63, 3.8) is 0 Å². The van der Waals surface area contributed by atoms with Crippen molar-refractivity contribution in [2.24, 2.45) is 0 Å². The molecule has 0 aliphatic heterocycles. The molecular formula is C16H24N2O2. The highest BCUT2D eigenvalue weighted by Crippen LogP contribution is 2.34. The summed E-state index contributed by atoms with van der Waals surface area (Å²) in [6.45, 7) is 3.27. The number of amides is 2. The van der Waals surface area contributed by atoms with Crippen molar-refractivity contribution in [3.05, 3.63) is 35.4 Å². The van der Waals surface area contributed by atoms with E-state index in [-0.39, 0.29) is 18.7 Å². The van der Waals surface area contributed by atoms with E-state index in [9.17, 15) is 4.79 Å². The van der Waals surface area contributed by atoms with Crippen LogP contribution in [-0.4, -0.2) is 35.7 Å². The summed E-state index contributed by atoms with van der Waals surface area (Å²) in [6.07, 6.45) is 3.82. The van der Waals surface area contributed by atoms with Crippen LogP contribution in [0.1, 0.15) is 43.4 Å². The van der Waals surface area contributed by atoms with Gasteiger partial charge in [-0.3, -0.25) is 0 Å². The number of benzene rings is 1. The van der Waals surface area contributed by atoms with E-state index < -0.39 is 0 Å². The molecule has 1 aliphatic carbocycles. The first kappa shape index (κ1) is 14.9. The van der Waals surface area contributed by atoms with Gasteiger partial charge in [0.2, 0.25) is 0 Å². The van der Waals surface area contributed by atoms with Gasteiger partial charge in [-0.05, 0) is 43.7 Å². The standard InChI is InChI=1S/C16H24N2O2/c1-2-17-16(20)18(11-6-12-19)15-10-5-8-13-7-3-4-9-14(13)15/h3-4,7,9,15,19H,2,5-6,8,10-12H2,1H3,(H,17,20)/t15-/m1/s1. The first-order chi connectivity index (χ1) is 9.77. The molecule has 0 heterocycles. The Morgan fingerprint density at radius 2 is 2.25 bits per heavy atom. The molecule has 2 amide bonds. The first-order valence-corrected chi connectivity index (χ1v) is 7.51. The second-order valence-electron chi connectivity index (χ2n) is 5.21. The minimum atomic E-state index is -0.0253. The summed E-state index contributed by atoms with van der Waals surface area (Å²) in [5, 5.41) is 12.0. The van der Waals surface area contributed by atoms with E-state index >= 15 is 0 Å². The van der Waals surface area contributed by atoms with Crippen molar-refractivity contribution in [1.29, 1.82) is 0 Å².